The number of nitrogens with two attached hydrogens (primary N) is 1. The van der Waals surface area contributed by atoms with E-state index in [9.17, 15) is 9.59 Å². The number of rotatable bonds is 3. The van der Waals surface area contributed by atoms with Gasteiger partial charge in [-0.2, -0.15) is 0 Å². The Kier molecular flexibility index (Phi) is 4.37. The van der Waals surface area contributed by atoms with Crippen molar-refractivity contribution in [3.8, 4) is 0 Å². The van der Waals surface area contributed by atoms with Crippen molar-refractivity contribution in [1.29, 1.82) is 0 Å². The summed E-state index contributed by atoms with van der Waals surface area (Å²) in [5.74, 6) is 2.38. The van der Waals surface area contributed by atoms with Gasteiger partial charge >= 0.3 is 0 Å². The number of Topliss-reactive ketones (excluding diaryl/α,β-unsaturated/α-hetero) is 1. The van der Waals surface area contributed by atoms with Crippen LogP contribution in [0, 0.1) is 29.1 Å². The Bertz CT molecular complexity index is 616. The smallest absolute Gasteiger partial charge is 0.155 e. The standard InChI is InChI=1S/C20H31N3O2/c1-20-9-15(21)18-13-4-3-12(24)7-11(13)8-16(23-10-22-2)19(18)14(20)5-6-17(20)25/h7,13-16,18-19,22-23H,3-6,8-10,21H2,1-2H3/t13?,14?,15-,16?,18?,19?,20-/m0/s1. The Labute approximate surface area is 150 Å². The van der Waals surface area contributed by atoms with Crippen molar-refractivity contribution in [3.05, 3.63) is 11.6 Å². The molecule has 0 bridgehead atoms. The molecule has 5 unspecified atom stereocenters. The van der Waals surface area contributed by atoms with Crippen LogP contribution in [0.15, 0.2) is 11.6 Å². The summed E-state index contributed by atoms with van der Waals surface area (Å²) in [7, 11) is 1.94. The van der Waals surface area contributed by atoms with E-state index >= 15 is 0 Å². The van der Waals surface area contributed by atoms with E-state index in [2.05, 4.69) is 17.6 Å². The number of ketones is 2. The Morgan fingerprint density at radius 3 is 2.80 bits per heavy atom. The normalized spacial score (nSPS) is 46.3. The fourth-order valence-corrected chi connectivity index (χ4v) is 6.63. The molecule has 0 spiro atoms. The summed E-state index contributed by atoms with van der Waals surface area (Å²) in [4.78, 5) is 24.6. The minimum Gasteiger partial charge on any atom is -0.327 e. The number of hydrogen-bond donors (Lipinski definition) is 3. The molecule has 25 heavy (non-hydrogen) atoms. The third-order valence-corrected chi connectivity index (χ3v) is 7.65. The first-order valence-corrected chi connectivity index (χ1v) is 9.86. The quantitative estimate of drug-likeness (QED) is 0.673. The molecular weight excluding hydrogens is 314 g/mol. The summed E-state index contributed by atoms with van der Waals surface area (Å²) in [6.45, 7) is 2.90. The van der Waals surface area contributed by atoms with E-state index in [4.69, 9.17) is 5.73 Å². The Morgan fingerprint density at radius 2 is 2.04 bits per heavy atom. The van der Waals surface area contributed by atoms with Crippen LogP contribution in [0.4, 0.5) is 0 Å². The third kappa shape index (κ3) is 2.63. The van der Waals surface area contributed by atoms with Crippen molar-refractivity contribution in [2.24, 2.45) is 34.8 Å². The summed E-state index contributed by atoms with van der Waals surface area (Å²) in [6, 6.07) is 0.349. The molecule has 3 fully saturated rings. The molecule has 5 heteroatoms. The van der Waals surface area contributed by atoms with Crippen molar-refractivity contribution in [3.63, 3.8) is 0 Å². The van der Waals surface area contributed by atoms with Crippen LogP contribution in [0.2, 0.25) is 0 Å². The molecule has 4 N–H and O–H groups in total. The molecule has 0 radical (unpaired) electrons. The van der Waals surface area contributed by atoms with E-state index in [1.54, 1.807) is 0 Å². The van der Waals surface area contributed by atoms with Crippen molar-refractivity contribution in [2.75, 3.05) is 13.7 Å². The van der Waals surface area contributed by atoms with Crippen LogP contribution >= 0.6 is 0 Å². The highest BCUT2D eigenvalue weighted by Crippen LogP contribution is 2.60. The van der Waals surface area contributed by atoms with Gasteiger partial charge in [-0.05, 0) is 62.5 Å². The molecule has 138 valence electrons. The van der Waals surface area contributed by atoms with Crippen LogP contribution in [0.5, 0.6) is 0 Å². The van der Waals surface area contributed by atoms with Crippen molar-refractivity contribution in [1.82, 2.24) is 10.6 Å². The van der Waals surface area contributed by atoms with Crippen LogP contribution in [-0.2, 0) is 9.59 Å². The first-order chi connectivity index (χ1) is 12.0. The molecule has 4 aliphatic carbocycles. The molecule has 0 heterocycles. The fraction of sp³-hybridized carbons (Fsp3) is 0.800. The summed E-state index contributed by atoms with van der Waals surface area (Å²) in [6.07, 6.45) is 6.95. The highest BCUT2D eigenvalue weighted by Gasteiger charge is 2.60. The molecule has 0 aromatic rings. The van der Waals surface area contributed by atoms with Gasteiger partial charge in [0, 0.05) is 37.0 Å². The maximum atomic E-state index is 12.7. The maximum Gasteiger partial charge on any atom is 0.155 e. The zero-order valence-electron chi connectivity index (χ0n) is 15.4. The van der Waals surface area contributed by atoms with Gasteiger partial charge in [0.05, 0.1) is 0 Å². The first-order valence-electron chi connectivity index (χ1n) is 9.86. The highest BCUT2D eigenvalue weighted by atomic mass is 16.1. The van der Waals surface area contributed by atoms with Crippen molar-refractivity contribution in [2.45, 2.75) is 57.5 Å². The lowest BCUT2D eigenvalue weighted by Gasteiger charge is -2.57. The highest BCUT2D eigenvalue weighted by molar-refractivity contribution is 5.91. The number of hydrogen-bond acceptors (Lipinski definition) is 5. The van der Waals surface area contributed by atoms with E-state index in [-0.39, 0.29) is 17.2 Å². The summed E-state index contributed by atoms with van der Waals surface area (Å²) in [5.41, 5.74) is 7.77. The molecule has 0 amide bonds. The van der Waals surface area contributed by atoms with Crippen molar-refractivity contribution < 1.29 is 9.59 Å². The molecule has 4 aliphatic rings. The van der Waals surface area contributed by atoms with Gasteiger partial charge < -0.3 is 16.4 Å². The van der Waals surface area contributed by atoms with E-state index in [1.807, 2.05) is 13.1 Å². The van der Waals surface area contributed by atoms with Gasteiger partial charge in [0.15, 0.2) is 5.78 Å². The monoisotopic (exact) mass is 345 g/mol. The van der Waals surface area contributed by atoms with Gasteiger partial charge in [-0.1, -0.05) is 12.5 Å². The maximum absolute atomic E-state index is 12.7. The van der Waals surface area contributed by atoms with Crippen molar-refractivity contribution >= 4 is 11.6 Å². The number of nitrogens with one attached hydrogen (secondary N) is 2. The van der Waals surface area contributed by atoms with Gasteiger partial charge in [-0.3, -0.25) is 9.59 Å². The lowest BCUT2D eigenvalue weighted by molar-refractivity contribution is -0.132. The predicted molar refractivity (Wildman–Crippen MR) is 96.7 cm³/mol. The SMILES string of the molecule is CNCNC1CC2=CC(=O)CCC2C2C1C1CCC(=O)[C@@]1(C)C[C@@H]2N. The first kappa shape index (κ1) is 17.4. The van der Waals surface area contributed by atoms with Gasteiger partial charge in [-0.15, -0.1) is 0 Å². The molecular formula is C20H31N3O2. The molecule has 0 aromatic heterocycles. The van der Waals surface area contributed by atoms with Crippen LogP contribution in [-0.4, -0.2) is 37.4 Å². The third-order valence-electron chi connectivity index (χ3n) is 7.65. The Morgan fingerprint density at radius 1 is 1.24 bits per heavy atom. The van der Waals surface area contributed by atoms with Gasteiger partial charge in [0.25, 0.3) is 0 Å². The summed E-state index contributed by atoms with van der Waals surface area (Å²) >= 11 is 0. The van der Waals surface area contributed by atoms with Crippen LogP contribution in [0.1, 0.15) is 45.4 Å². The lowest BCUT2D eigenvalue weighted by Crippen LogP contribution is -2.62. The molecule has 5 nitrogen and oxygen atoms in total. The second kappa shape index (κ2) is 6.29. The number of fused-ring (bicyclic) bond motifs is 5. The summed E-state index contributed by atoms with van der Waals surface area (Å²) < 4.78 is 0. The molecule has 0 saturated heterocycles. The predicted octanol–water partition coefficient (Wildman–Crippen LogP) is 1.38. The van der Waals surface area contributed by atoms with E-state index in [1.165, 1.54) is 5.57 Å². The zero-order valence-corrected chi connectivity index (χ0v) is 15.4. The van der Waals surface area contributed by atoms with Crippen LogP contribution < -0.4 is 16.4 Å². The Balaban J connectivity index is 1.73. The Hall–Kier alpha value is -1.04. The van der Waals surface area contributed by atoms with Crippen LogP contribution in [0.3, 0.4) is 0 Å². The van der Waals surface area contributed by atoms with E-state index < -0.39 is 0 Å². The van der Waals surface area contributed by atoms with E-state index in [0.29, 0.717) is 48.3 Å². The zero-order chi connectivity index (χ0) is 17.8. The average molecular weight is 345 g/mol. The molecule has 4 rings (SSSR count). The second-order valence-electron chi connectivity index (χ2n) is 8.88. The minimum atomic E-state index is -0.244. The number of carbonyl (C=O) groups is 2. The number of carbonyl (C=O) groups excluding carboxylic acids is 2. The van der Waals surface area contributed by atoms with Gasteiger partial charge in [-0.25, -0.2) is 0 Å². The molecule has 0 aliphatic heterocycles. The van der Waals surface area contributed by atoms with Crippen LogP contribution in [0.25, 0.3) is 0 Å². The molecule has 7 atom stereocenters. The lowest BCUT2D eigenvalue weighted by atomic mass is 9.49. The fourth-order valence-electron chi connectivity index (χ4n) is 6.63. The van der Waals surface area contributed by atoms with Gasteiger partial charge in [0.1, 0.15) is 5.78 Å². The topological polar surface area (TPSA) is 84.2 Å². The largest absolute Gasteiger partial charge is 0.327 e. The average Bonchev–Trinajstić information content (AvgIpc) is 2.86. The van der Waals surface area contributed by atoms with Gasteiger partial charge in [0.2, 0.25) is 0 Å². The second-order valence-corrected chi connectivity index (χ2v) is 8.88. The molecule has 0 aromatic carbocycles. The summed E-state index contributed by atoms with van der Waals surface area (Å²) in [5, 5.41) is 6.84. The van der Waals surface area contributed by atoms with E-state index in [0.717, 1.165) is 32.4 Å². The molecule has 3 saturated carbocycles. The minimum absolute atomic E-state index is 0.0501.